The minimum absolute atomic E-state index is 0.233. The molecule has 3 atom stereocenters. The summed E-state index contributed by atoms with van der Waals surface area (Å²) < 4.78 is 14.4. The second-order valence-corrected chi connectivity index (χ2v) is 12.5. The Morgan fingerprint density at radius 2 is 1.97 bits per heavy atom. The first-order chi connectivity index (χ1) is 17.3. The highest BCUT2D eigenvalue weighted by Gasteiger charge is 2.60. The van der Waals surface area contributed by atoms with Crippen LogP contribution >= 0.6 is 15.9 Å². The zero-order chi connectivity index (χ0) is 27.0. The molecule has 0 bridgehead atoms. The highest BCUT2D eigenvalue weighted by molar-refractivity contribution is 9.10. The van der Waals surface area contributed by atoms with Crippen LogP contribution in [-0.4, -0.2) is 57.0 Å². The number of hydrogen-bond acceptors (Lipinski definition) is 6. The van der Waals surface area contributed by atoms with Crippen molar-refractivity contribution in [3.63, 3.8) is 0 Å². The van der Waals surface area contributed by atoms with Gasteiger partial charge in [-0.05, 0) is 87.0 Å². The predicted octanol–water partition coefficient (Wildman–Crippen LogP) is 4.46. The lowest BCUT2D eigenvalue weighted by Gasteiger charge is -2.28. The Morgan fingerprint density at radius 3 is 2.68 bits per heavy atom. The number of carbonyl (C=O) groups is 2. The lowest BCUT2D eigenvalue weighted by atomic mass is 9.94. The predicted molar refractivity (Wildman–Crippen MR) is 144 cm³/mol. The van der Waals surface area contributed by atoms with E-state index in [1.807, 2.05) is 22.7 Å². The zero-order valence-corrected chi connectivity index (χ0v) is 23.9. The molecule has 2 aliphatic rings. The number of nitrogens with zero attached hydrogens (tertiary/aromatic N) is 3. The van der Waals surface area contributed by atoms with E-state index in [4.69, 9.17) is 9.47 Å². The van der Waals surface area contributed by atoms with E-state index in [9.17, 15) is 9.59 Å². The maximum absolute atomic E-state index is 13.3. The van der Waals surface area contributed by atoms with Crippen molar-refractivity contribution in [3.05, 3.63) is 52.4 Å². The number of carbonyl (C=O) groups excluding carboxylic acids is 2. The van der Waals surface area contributed by atoms with Gasteiger partial charge in [0.25, 0.3) is 0 Å². The fourth-order valence-corrected chi connectivity index (χ4v) is 4.79. The number of allylic oxidation sites excluding steroid dienone is 3. The Balaban J connectivity index is 1.51. The minimum Gasteiger partial charge on any atom is -0.444 e. The maximum atomic E-state index is 13.3. The Kier molecular flexibility index (Phi) is 7.54. The topological polar surface area (TPSA) is 107 Å². The summed E-state index contributed by atoms with van der Waals surface area (Å²) in [6.07, 6.45) is 9.27. The normalized spacial score (nSPS) is 23.5. The van der Waals surface area contributed by atoms with Crippen molar-refractivity contribution in [2.45, 2.75) is 77.0 Å². The summed E-state index contributed by atoms with van der Waals surface area (Å²) in [6, 6.07) is 3.57. The summed E-state index contributed by atoms with van der Waals surface area (Å²) >= 11 is 3.53. The van der Waals surface area contributed by atoms with Gasteiger partial charge in [0, 0.05) is 16.7 Å². The largest absolute Gasteiger partial charge is 0.444 e. The smallest absolute Gasteiger partial charge is 0.408 e. The van der Waals surface area contributed by atoms with E-state index in [1.165, 1.54) is 5.57 Å². The fraction of sp³-hybridized carbons (Fsp3) is 0.556. The first-order valence-corrected chi connectivity index (χ1v) is 13.4. The zero-order valence-electron chi connectivity index (χ0n) is 22.3. The van der Waals surface area contributed by atoms with Crippen LogP contribution in [-0.2, 0) is 19.7 Å². The highest BCUT2D eigenvalue weighted by Crippen LogP contribution is 2.48. The highest BCUT2D eigenvalue weighted by atomic mass is 79.9. The number of nitrogens with one attached hydrogen (secondary N) is 2. The molecule has 10 heteroatoms. The number of ether oxygens (including phenoxy) is 2. The van der Waals surface area contributed by atoms with Gasteiger partial charge in [-0.1, -0.05) is 25.2 Å². The second-order valence-electron chi connectivity index (χ2n) is 11.5. The summed E-state index contributed by atoms with van der Waals surface area (Å²) in [7, 11) is 0. The Morgan fingerprint density at radius 1 is 1.22 bits per heavy atom. The van der Waals surface area contributed by atoms with E-state index in [0.29, 0.717) is 25.6 Å². The molecule has 2 aromatic heterocycles. The molecule has 0 saturated heterocycles. The minimum atomic E-state index is -1.18. The molecule has 200 valence electrons. The molecule has 2 aliphatic carbocycles. The number of alkyl carbamates (subject to hydrolysis) is 1. The van der Waals surface area contributed by atoms with Crippen molar-refractivity contribution in [1.29, 1.82) is 0 Å². The molecule has 1 fully saturated rings. The molecule has 0 spiro atoms. The lowest BCUT2D eigenvalue weighted by molar-refractivity contribution is -0.126. The fourth-order valence-electron chi connectivity index (χ4n) is 4.46. The monoisotopic (exact) mass is 573 g/mol. The molecule has 1 unspecified atom stereocenters. The van der Waals surface area contributed by atoms with Crippen LogP contribution in [0.2, 0.25) is 0 Å². The number of pyridine rings is 1. The molecule has 2 heterocycles. The van der Waals surface area contributed by atoms with Crippen LogP contribution in [0.15, 0.2) is 46.6 Å². The van der Waals surface area contributed by atoms with Crippen LogP contribution in [0.5, 0.6) is 0 Å². The second kappa shape index (κ2) is 10.2. The van der Waals surface area contributed by atoms with E-state index >= 15 is 0 Å². The molecule has 1 saturated carbocycles. The number of amides is 2. The van der Waals surface area contributed by atoms with Gasteiger partial charge in [-0.25, -0.2) is 4.79 Å². The van der Waals surface area contributed by atoms with E-state index in [0.717, 1.165) is 22.4 Å². The molecule has 4 rings (SSSR count). The van der Waals surface area contributed by atoms with Crippen molar-refractivity contribution < 1.29 is 19.1 Å². The first kappa shape index (κ1) is 27.3. The van der Waals surface area contributed by atoms with Gasteiger partial charge in [0.2, 0.25) is 5.91 Å². The average Bonchev–Trinajstić information content (AvgIpc) is 3.29. The third-order valence-electron chi connectivity index (χ3n) is 6.77. The van der Waals surface area contributed by atoms with Gasteiger partial charge in [0.15, 0.2) is 5.65 Å². The Labute approximate surface area is 226 Å². The summed E-state index contributed by atoms with van der Waals surface area (Å²) in [5.41, 5.74) is -0.427. The summed E-state index contributed by atoms with van der Waals surface area (Å²) in [5, 5.41) is 14.6. The van der Waals surface area contributed by atoms with Crippen molar-refractivity contribution in [1.82, 2.24) is 25.2 Å². The molecule has 2 N–H and O–H groups in total. The first-order valence-electron chi connectivity index (χ1n) is 12.6. The van der Waals surface area contributed by atoms with Gasteiger partial charge in [-0.3, -0.25) is 9.20 Å². The van der Waals surface area contributed by atoms with Crippen molar-refractivity contribution in [2.75, 3.05) is 13.2 Å². The number of halogens is 1. The van der Waals surface area contributed by atoms with Crippen LogP contribution < -0.4 is 10.6 Å². The van der Waals surface area contributed by atoms with E-state index < -0.39 is 22.6 Å². The quantitative estimate of drug-likeness (QED) is 0.482. The Hall–Kier alpha value is -2.72. The van der Waals surface area contributed by atoms with Gasteiger partial charge >= 0.3 is 6.09 Å². The summed E-state index contributed by atoms with van der Waals surface area (Å²) in [6.45, 7) is 11.7. The van der Waals surface area contributed by atoms with Crippen LogP contribution in [0.1, 0.15) is 60.2 Å². The standard InChI is InChI=1S/C27H36BrN5O4/c1-17-9-7-8-10-18(17)15-36-16-27(22-32-31-21-12-11-19(28)14-33(21)22)13-20(27)29-23(34)26(5,6)30-24(35)37-25(2,3)4/h7-8,10-12,14,17,20H,9,13,15-16H2,1-6H3,(H,29,34)(H,30,35)/t17?,20-,27+/m0/s1. The van der Waals surface area contributed by atoms with E-state index in [2.05, 4.69) is 61.9 Å². The van der Waals surface area contributed by atoms with E-state index in [-0.39, 0.29) is 11.9 Å². The molecular formula is C27H36BrN5O4. The van der Waals surface area contributed by atoms with Gasteiger partial charge in [0.1, 0.15) is 17.0 Å². The van der Waals surface area contributed by atoms with Crippen molar-refractivity contribution in [2.24, 2.45) is 5.92 Å². The molecule has 0 radical (unpaired) electrons. The van der Waals surface area contributed by atoms with Crippen LogP contribution in [0.4, 0.5) is 4.79 Å². The number of rotatable bonds is 8. The van der Waals surface area contributed by atoms with Crippen LogP contribution in [0, 0.1) is 5.92 Å². The molecule has 0 aliphatic heterocycles. The van der Waals surface area contributed by atoms with Crippen molar-refractivity contribution >= 4 is 33.6 Å². The SMILES string of the molecule is CC1CC=CC=C1COC[C@]1(c2nnc3ccc(Br)cn23)C[C@@H]1NC(=O)C(C)(C)NC(=O)OC(C)(C)C. The molecule has 0 aromatic carbocycles. The molecule has 2 amide bonds. The van der Waals surface area contributed by atoms with Crippen molar-refractivity contribution in [3.8, 4) is 0 Å². The number of aromatic nitrogens is 3. The molecule has 2 aromatic rings. The summed E-state index contributed by atoms with van der Waals surface area (Å²) in [4.78, 5) is 25.6. The Bertz CT molecular complexity index is 1250. The average molecular weight is 575 g/mol. The molecular weight excluding hydrogens is 538 g/mol. The van der Waals surface area contributed by atoms with Gasteiger partial charge in [-0.15, -0.1) is 10.2 Å². The van der Waals surface area contributed by atoms with Gasteiger partial charge in [-0.2, -0.15) is 0 Å². The third-order valence-corrected chi connectivity index (χ3v) is 7.24. The van der Waals surface area contributed by atoms with Gasteiger partial charge in [0.05, 0.1) is 18.6 Å². The number of fused-ring (bicyclic) bond motifs is 1. The molecule has 9 nitrogen and oxygen atoms in total. The van der Waals surface area contributed by atoms with Crippen LogP contribution in [0.25, 0.3) is 5.65 Å². The summed E-state index contributed by atoms with van der Waals surface area (Å²) in [5.74, 6) is 0.854. The number of hydrogen-bond donors (Lipinski definition) is 2. The molecule has 37 heavy (non-hydrogen) atoms. The van der Waals surface area contributed by atoms with Crippen LogP contribution in [0.3, 0.4) is 0 Å². The third kappa shape index (κ3) is 6.23. The lowest BCUT2D eigenvalue weighted by Crippen LogP contribution is -2.56. The van der Waals surface area contributed by atoms with E-state index in [1.54, 1.807) is 34.6 Å². The van der Waals surface area contributed by atoms with Gasteiger partial charge < -0.3 is 20.1 Å². The maximum Gasteiger partial charge on any atom is 0.408 e.